The molecule has 0 spiro atoms. The van der Waals surface area contributed by atoms with E-state index in [0.29, 0.717) is 28.0 Å². The van der Waals surface area contributed by atoms with E-state index in [2.05, 4.69) is 5.32 Å². The zero-order valence-corrected chi connectivity index (χ0v) is 18.4. The van der Waals surface area contributed by atoms with Gasteiger partial charge < -0.3 is 5.32 Å². The van der Waals surface area contributed by atoms with Gasteiger partial charge in [0.2, 0.25) is 5.91 Å². The summed E-state index contributed by atoms with van der Waals surface area (Å²) >= 11 is 12.7. The Labute approximate surface area is 191 Å². The van der Waals surface area contributed by atoms with E-state index in [-0.39, 0.29) is 11.8 Å². The Kier molecular flexibility index (Phi) is 6.40. The molecule has 4 aromatic rings. The average molecular weight is 450 g/mol. The van der Waals surface area contributed by atoms with E-state index in [1.807, 2.05) is 73.7 Å². The van der Waals surface area contributed by atoms with Crippen molar-refractivity contribution >= 4 is 34.9 Å². The first-order valence-electron chi connectivity index (χ1n) is 10.0. The molecular weight excluding hydrogens is 429 g/mol. The Morgan fingerprint density at radius 2 is 1.65 bits per heavy atom. The van der Waals surface area contributed by atoms with Gasteiger partial charge in [-0.2, -0.15) is 5.10 Å². The second kappa shape index (κ2) is 9.38. The van der Waals surface area contributed by atoms with Gasteiger partial charge in [0.15, 0.2) is 0 Å². The number of hydrogen-bond acceptors (Lipinski definition) is 2. The molecule has 1 N–H and O–H groups in total. The Hall–Kier alpha value is -3.08. The first-order chi connectivity index (χ1) is 15.1. The Morgan fingerprint density at radius 3 is 2.32 bits per heavy atom. The highest BCUT2D eigenvalue weighted by atomic mass is 35.5. The van der Waals surface area contributed by atoms with Gasteiger partial charge in [0.25, 0.3) is 0 Å². The van der Waals surface area contributed by atoms with Gasteiger partial charge in [0.05, 0.1) is 22.3 Å². The normalized spacial score (nSPS) is 11.8. The summed E-state index contributed by atoms with van der Waals surface area (Å²) in [5.74, 6) is 0.148. The average Bonchev–Trinajstić information content (AvgIpc) is 3.21. The predicted molar refractivity (Wildman–Crippen MR) is 127 cm³/mol. The van der Waals surface area contributed by atoms with E-state index in [0.717, 1.165) is 16.8 Å². The number of nitrogens with zero attached hydrogens (tertiary/aromatic N) is 2. The van der Waals surface area contributed by atoms with Crippen LogP contribution in [0.1, 0.15) is 24.8 Å². The lowest BCUT2D eigenvalue weighted by Crippen LogP contribution is -2.22. The van der Waals surface area contributed by atoms with E-state index in [9.17, 15) is 4.79 Å². The SMILES string of the molecule is CC[C@@H](C(=O)Nc1cc(-c2ccccc2)nn1-c1cc(Cl)ccc1Cl)c1ccccc1. The van der Waals surface area contributed by atoms with Crippen LogP contribution >= 0.6 is 23.2 Å². The van der Waals surface area contributed by atoms with Gasteiger partial charge in [-0.25, -0.2) is 4.68 Å². The molecule has 0 aliphatic rings. The number of carbonyl (C=O) groups excluding carboxylic acids is 1. The fraction of sp³-hybridized carbons (Fsp3) is 0.120. The number of aromatic nitrogens is 2. The summed E-state index contributed by atoms with van der Waals surface area (Å²) in [5.41, 5.74) is 3.22. The number of carbonyl (C=O) groups is 1. The molecule has 1 atom stereocenters. The summed E-state index contributed by atoms with van der Waals surface area (Å²) in [6.45, 7) is 2.00. The van der Waals surface area contributed by atoms with Crippen LogP contribution in [0.2, 0.25) is 10.0 Å². The maximum Gasteiger partial charge on any atom is 0.233 e. The molecular formula is C25H21Cl2N3O. The van der Waals surface area contributed by atoms with Crippen molar-refractivity contribution < 1.29 is 4.79 Å². The fourth-order valence-electron chi connectivity index (χ4n) is 3.52. The van der Waals surface area contributed by atoms with E-state index in [1.54, 1.807) is 22.9 Å². The molecule has 0 bridgehead atoms. The Morgan fingerprint density at radius 1 is 0.968 bits per heavy atom. The highest BCUT2D eigenvalue weighted by Gasteiger charge is 2.22. The number of rotatable bonds is 6. The van der Waals surface area contributed by atoms with Crippen molar-refractivity contribution in [3.63, 3.8) is 0 Å². The van der Waals surface area contributed by atoms with Crippen molar-refractivity contribution in [1.29, 1.82) is 0 Å². The van der Waals surface area contributed by atoms with Gasteiger partial charge >= 0.3 is 0 Å². The van der Waals surface area contributed by atoms with E-state index < -0.39 is 0 Å². The summed E-state index contributed by atoms with van der Waals surface area (Å²) in [5, 5.41) is 8.79. The van der Waals surface area contributed by atoms with Gasteiger partial charge in [-0.1, -0.05) is 90.8 Å². The third-order valence-corrected chi connectivity index (χ3v) is 5.65. The molecule has 0 saturated heterocycles. The van der Waals surface area contributed by atoms with E-state index in [4.69, 9.17) is 28.3 Å². The molecule has 0 unspecified atom stereocenters. The van der Waals surface area contributed by atoms with Gasteiger partial charge in [0, 0.05) is 16.7 Å². The summed E-state index contributed by atoms with van der Waals surface area (Å²) in [4.78, 5) is 13.2. The molecule has 4 rings (SSSR count). The summed E-state index contributed by atoms with van der Waals surface area (Å²) in [6.07, 6.45) is 0.674. The molecule has 1 aromatic heterocycles. The van der Waals surface area contributed by atoms with Crippen LogP contribution in [-0.2, 0) is 4.79 Å². The van der Waals surface area contributed by atoms with E-state index >= 15 is 0 Å². The molecule has 6 heteroatoms. The molecule has 0 aliphatic carbocycles. The van der Waals surface area contributed by atoms with Crippen molar-refractivity contribution in [2.75, 3.05) is 5.32 Å². The highest BCUT2D eigenvalue weighted by molar-refractivity contribution is 6.34. The lowest BCUT2D eigenvalue weighted by molar-refractivity contribution is -0.117. The smallest absolute Gasteiger partial charge is 0.233 e. The fourth-order valence-corrected chi connectivity index (χ4v) is 3.89. The maximum absolute atomic E-state index is 13.2. The zero-order valence-electron chi connectivity index (χ0n) is 16.9. The zero-order chi connectivity index (χ0) is 21.8. The topological polar surface area (TPSA) is 46.9 Å². The second-order valence-corrected chi connectivity index (χ2v) is 7.99. The largest absolute Gasteiger partial charge is 0.310 e. The first-order valence-corrected chi connectivity index (χ1v) is 10.8. The lowest BCUT2D eigenvalue weighted by atomic mass is 9.96. The monoisotopic (exact) mass is 449 g/mol. The van der Waals surface area contributed by atoms with Gasteiger partial charge in [-0.15, -0.1) is 0 Å². The van der Waals surface area contributed by atoms with Crippen LogP contribution in [0.15, 0.2) is 84.9 Å². The minimum Gasteiger partial charge on any atom is -0.310 e. The predicted octanol–water partition coefficient (Wildman–Crippen LogP) is 6.98. The minimum atomic E-state index is -0.278. The van der Waals surface area contributed by atoms with Crippen molar-refractivity contribution in [2.45, 2.75) is 19.3 Å². The minimum absolute atomic E-state index is 0.104. The first kappa shape index (κ1) is 21.2. The molecule has 156 valence electrons. The highest BCUT2D eigenvalue weighted by Crippen LogP contribution is 2.31. The van der Waals surface area contributed by atoms with Crippen LogP contribution in [0.25, 0.3) is 16.9 Å². The maximum atomic E-state index is 13.2. The van der Waals surface area contributed by atoms with Gasteiger partial charge in [-0.3, -0.25) is 4.79 Å². The van der Waals surface area contributed by atoms with Crippen molar-refractivity contribution in [3.05, 3.63) is 101 Å². The third-order valence-electron chi connectivity index (χ3n) is 5.09. The van der Waals surface area contributed by atoms with Crippen LogP contribution < -0.4 is 5.32 Å². The summed E-state index contributed by atoms with van der Waals surface area (Å²) in [7, 11) is 0. The molecule has 31 heavy (non-hydrogen) atoms. The second-order valence-electron chi connectivity index (χ2n) is 7.15. The van der Waals surface area contributed by atoms with Crippen molar-refractivity contribution in [2.24, 2.45) is 0 Å². The molecule has 0 fully saturated rings. The number of hydrogen-bond donors (Lipinski definition) is 1. The summed E-state index contributed by atoms with van der Waals surface area (Å²) in [6, 6.07) is 26.5. The number of anilines is 1. The van der Waals surface area contributed by atoms with Crippen molar-refractivity contribution in [1.82, 2.24) is 9.78 Å². The third kappa shape index (κ3) is 4.66. The van der Waals surface area contributed by atoms with Crippen LogP contribution in [0, 0.1) is 0 Å². The van der Waals surface area contributed by atoms with Crippen LogP contribution in [0.5, 0.6) is 0 Å². The lowest BCUT2D eigenvalue weighted by Gasteiger charge is -2.16. The molecule has 0 saturated carbocycles. The Bertz CT molecular complexity index is 1190. The molecule has 0 aliphatic heterocycles. The summed E-state index contributed by atoms with van der Waals surface area (Å²) < 4.78 is 1.63. The molecule has 3 aromatic carbocycles. The molecule has 1 amide bonds. The molecule has 0 radical (unpaired) electrons. The Balaban J connectivity index is 1.76. The number of benzene rings is 3. The number of amides is 1. The van der Waals surface area contributed by atoms with Crippen LogP contribution in [0.4, 0.5) is 5.82 Å². The van der Waals surface area contributed by atoms with Gasteiger partial charge in [-0.05, 0) is 30.2 Å². The number of halogens is 2. The van der Waals surface area contributed by atoms with Gasteiger partial charge in [0.1, 0.15) is 5.82 Å². The van der Waals surface area contributed by atoms with E-state index in [1.165, 1.54) is 0 Å². The van der Waals surface area contributed by atoms with Crippen LogP contribution in [-0.4, -0.2) is 15.7 Å². The number of nitrogens with one attached hydrogen (secondary N) is 1. The van der Waals surface area contributed by atoms with Crippen molar-refractivity contribution in [3.8, 4) is 16.9 Å². The van der Waals surface area contributed by atoms with Crippen LogP contribution in [0.3, 0.4) is 0 Å². The molecule has 4 nitrogen and oxygen atoms in total. The standard InChI is InChI=1S/C25H21Cl2N3O/c1-2-20(17-9-5-3-6-10-17)25(31)28-24-16-22(18-11-7-4-8-12-18)29-30(24)23-15-19(26)13-14-21(23)27/h3-16,20H,2H2,1H3,(H,28,31)/t20-/m1/s1. The molecule has 1 heterocycles. The quantitative estimate of drug-likeness (QED) is 0.345.